The summed E-state index contributed by atoms with van der Waals surface area (Å²) < 4.78 is 6.85. The standard InChI is InChI=1S/C31H23Cl2N3O6/c1-18(37)35(17-20-4-8-22(9-5-20)28-12-13-29(42-28)31(40)41)16-19-2-6-21(7-3-19)27-15-26(30(38)39)34-36(27)23-10-11-24(32)25(33)14-23/h2-15H,16-17H2,1H3,(H,38,39)(H,40,41). The monoisotopic (exact) mass is 603 g/mol. The molecule has 5 rings (SSSR count). The molecular weight excluding hydrogens is 581 g/mol. The molecule has 0 radical (unpaired) electrons. The molecule has 9 nitrogen and oxygen atoms in total. The molecule has 1 amide bonds. The van der Waals surface area contributed by atoms with Crippen LogP contribution in [0.25, 0.3) is 28.3 Å². The number of halogens is 2. The summed E-state index contributed by atoms with van der Waals surface area (Å²) in [4.78, 5) is 36.9. The molecule has 11 heteroatoms. The Labute approximate surface area is 250 Å². The lowest BCUT2D eigenvalue weighted by Gasteiger charge is -2.21. The molecule has 2 heterocycles. The van der Waals surface area contributed by atoms with Crippen molar-refractivity contribution in [1.82, 2.24) is 14.7 Å². The summed E-state index contributed by atoms with van der Waals surface area (Å²) in [5.41, 5.74) is 4.19. The van der Waals surface area contributed by atoms with E-state index in [1.165, 1.54) is 23.7 Å². The highest BCUT2D eigenvalue weighted by atomic mass is 35.5. The number of rotatable bonds is 9. The van der Waals surface area contributed by atoms with Crippen LogP contribution in [-0.4, -0.2) is 42.7 Å². The molecule has 212 valence electrons. The smallest absolute Gasteiger partial charge is 0.371 e. The lowest BCUT2D eigenvalue weighted by molar-refractivity contribution is -0.130. The maximum atomic E-state index is 12.5. The zero-order chi connectivity index (χ0) is 30.0. The Bertz CT molecular complexity index is 1790. The van der Waals surface area contributed by atoms with E-state index in [4.69, 9.17) is 32.7 Å². The van der Waals surface area contributed by atoms with Crippen LogP contribution in [-0.2, 0) is 17.9 Å². The van der Waals surface area contributed by atoms with E-state index in [0.29, 0.717) is 40.3 Å². The molecule has 0 fully saturated rings. The normalized spacial score (nSPS) is 10.9. The van der Waals surface area contributed by atoms with Crippen LogP contribution in [0.3, 0.4) is 0 Å². The van der Waals surface area contributed by atoms with Crippen molar-refractivity contribution in [3.63, 3.8) is 0 Å². The van der Waals surface area contributed by atoms with Crippen molar-refractivity contribution in [2.45, 2.75) is 20.0 Å². The number of aromatic nitrogens is 2. The predicted octanol–water partition coefficient (Wildman–Crippen LogP) is 7.05. The van der Waals surface area contributed by atoms with Crippen LogP contribution in [0.5, 0.6) is 0 Å². The second-order valence-corrected chi connectivity index (χ2v) is 10.3. The third-order valence-corrected chi connectivity index (χ3v) is 7.31. The van der Waals surface area contributed by atoms with Gasteiger partial charge in [-0.2, -0.15) is 5.10 Å². The third kappa shape index (κ3) is 6.22. The number of carboxylic acid groups (broad SMARTS) is 2. The van der Waals surface area contributed by atoms with Crippen molar-refractivity contribution in [3.05, 3.63) is 118 Å². The van der Waals surface area contributed by atoms with Gasteiger partial charge in [-0.25, -0.2) is 14.3 Å². The summed E-state index contributed by atoms with van der Waals surface area (Å²) in [6, 6.07) is 24.2. The molecule has 0 aliphatic rings. The number of benzene rings is 3. The average molecular weight is 604 g/mol. The number of aromatic carboxylic acids is 2. The van der Waals surface area contributed by atoms with Gasteiger partial charge in [0.15, 0.2) is 5.69 Å². The van der Waals surface area contributed by atoms with E-state index in [1.54, 1.807) is 29.2 Å². The quantitative estimate of drug-likeness (QED) is 0.185. The molecule has 42 heavy (non-hydrogen) atoms. The third-order valence-electron chi connectivity index (χ3n) is 6.57. The van der Waals surface area contributed by atoms with Gasteiger partial charge >= 0.3 is 11.9 Å². The minimum Gasteiger partial charge on any atom is -0.476 e. The SMILES string of the molecule is CC(=O)N(Cc1ccc(-c2ccc(C(=O)O)o2)cc1)Cc1ccc(-c2cc(C(=O)O)nn2-c2ccc(Cl)c(Cl)c2)cc1. The van der Waals surface area contributed by atoms with E-state index in [-0.39, 0.29) is 17.4 Å². The minimum absolute atomic E-state index is 0.107. The number of hydrogen-bond acceptors (Lipinski definition) is 5. The molecule has 0 aliphatic heterocycles. The zero-order valence-corrected chi connectivity index (χ0v) is 23.6. The number of carbonyl (C=O) groups excluding carboxylic acids is 1. The predicted molar refractivity (Wildman–Crippen MR) is 157 cm³/mol. The molecule has 5 aromatic rings. The molecule has 3 aromatic carbocycles. The molecule has 0 atom stereocenters. The van der Waals surface area contributed by atoms with Crippen LogP contribution in [0.2, 0.25) is 10.0 Å². The summed E-state index contributed by atoms with van der Waals surface area (Å²) in [5, 5.41) is 23.5. The highest BCUT2D eigenvalue weighted by Crippen LogP contribution is 2.29. The van der Waals surface area contributed by atoms with E-state index in [1.807, 2.05) is 48.5 Å². The second-order valence-electron chi connectivity index (χ2n) is 9.47. The van der Waals surface area contributed by atoms with Crippen molar-refractivity contribution in [2.75, 3.05) is 0 Å². The first-order valence-electron chi connectivity index (χ1n) is 12.6. The molecule has 0 saturated heterocycles. The Morgan fingerprint density at radius 2 is 1.40 bits per heavy atom. The van der Waals surface area contributed by atoms with E-state index >= 15 is 0 Å². The lowest BCUT2D eigenvalue weighted by atomic mass is 10.1. The Morgan fingerprint density at radius 1 is 0.786 bits per heavy atom. The van der Waals surface area contributed by atoms with Gasteiger partial charge in [0.05, 0.1) is 21.4 Å². The fourth-order valence-electron chi connectivity index (χ4n) is 4.39. The Morgan fingerprint density at radius 3 is 1.93 bits per heavy atom. The number of carboxylic acids is 2. The molecule has 0 bridgehead atoms. The maximum absolute atomic E-state index is 12.5. The fourth-order valence-corrected chi connectivity index (χ4v) is 4.68. The summed E-state index contributed by atoms with van der Waals surface area (Å²) in [6.07, 6.45) is 0. The molecule has 0 unspecified atom stereocenters. The molecule has 2 N–H and O–H groups in total. The Hall–Kier alpha value is -4.86. The van der Waals surface area contributed by atoms with Gasteiger partial charge in [0.1, 0.15) is 5.76 Å². The summed E-state index contributed by atoms with van der Waals surface area (Å²) in [5.74, 6) is -2.09. The maximum Gasteiger partial charge on any atom is 0.371 e. The van der Waals surface area contributed by atoms with Crippen LogP contribution < -0.4 is 0 Å². The fraction of sp³-hybridized carbons (Fsp3) is 0.0968. The van der Waals surface area contributed by atoms with Gasteiger partial charge in [-0.1, -0.05) is 71.7 Å². The van der Waals surface area contributed by atoms with Crippen LogP contribution in [0.4, 0.5) is 0 Å². The highest BCUT2D eigenvalue weighted by Gasteiger charge is 2.18. The largest absolute Gasteiger partial charge is 0.476 e. The topological polar surface area (TPSA) is 126 Å². The summed E-state index contributed by atoms with van der Waals surface area (Å²) >= 11 is 12.2. The van der Waals surface area contributed by atoms with Crippen LogP contribution in [0.15, 0.2) is 89.3 Å². The molecular formula is C31H23Cl2N3O6. The van der Waals surface area contributed by atoms with Crippen molar-refractivity contribution in [3.8, 4) is 28.3 Å². The van der Waals surface area contributed by atoms with Gasteiger partial charge in [-0.3, -0.25) is 4.79 Å². The lowest BCUT2D eigenvalue weighted by Crippen LogP contribution is -2.27. The molecule has 0 spiro atoms. The highest BCUT2D eigenvalue weighted by molar-refractivity contribution is 6.42. The van der Waals surface area contributed by atoms with Gasteiger partial charge in [-0.15, -0.1) is 0 Å². The van der Waals surface area contributed by atoms with Crippen molar-refractivity contribution in [1.29, 1.82) is 0 Å². The first kappa shape index (κ1) is 28.7. The van der Waals surface area contributed by atoms with Gasteiger partial charge in [0.2, 0.25) is 11.7 Å². The average Bonchev–Trinajstić information content (AvgIpc) is 3.64. The van der Waals surface area contributed by atoms with Crippen LogP contribution in [0, 0.1) is 0 Å². The Balaban J connectivity index is 1.34. The first-order valence-corrected chi connectivity index (χ1v) is 13.4. The van der Waals surface area contributed by atoms with E-state index in [0.717, 1.165) is 22.3 Å². The van der Waals surface area contributed by atoms with Gasteiger partial charge in [0.25, 0.3) is 0 Å². The molecule has 0 saturated carbocycles. The minimum atomic E-state index is -1.16. The van der Waals surface area contributed by atoms with Gasteiger partial charge in [-0.05, 0) is 47.5 Å². The van der Waals surface area contributed by atoms with E-state index < -0.39 is 11.9 Å². The number of carbonyl (C=O) groups is 3. The summed E-state index contributed by atoms with van der Waals surface area (Å²) in [6.45, 7) is 2.22. The first-order chi connectivity index (χ1) is 20.1. The molecule has 2 aromatic heterocycles. The number of nitrogens with zero attached hydrogens (tertiary/aromatic N) is 3. The van der Waals surface area contributed by atoms with Crippen LogP contribution in [0.1, 0.15) is 39.1 Å². The van der Waals surface area contributed by atoms with Gasteiger partial charge in [0, 0.05) is 31.1 Å². The number of hydrogen-bond donors (Lipinski definition) is 2. The van der Waals surface area contributed by atoms with Crippen molar-refractivity contribution < 1.29 is 29.0 Å². The van der Waals surface area contributed by atoms with Crippen molar-refractivity contribution >= 4 is 41.0 Å². The zero-order valence-electron chi connectivity index (χ0n) is 22.1. The van der Waals surface area contributed by atoms with Gasteiger partial charge < -0.3 is 19.5 Å². The van der Waals surface area contributed by atoms with Crippen molar-refractivity contribution in [2.24, 2.45) is 0 Å². The number of furan rings is 1. The van der Waals surface area contributed by atoms with E-state index in [2.05, 4.69) is 5.10 Å². The molecule has 0 aliphatic carbocycles. The summed E-state index contributed by atoms with van der Waals surface area (Å²) in [7, 11) is 0. The van der Waals surface area contributed by atoms with Crippen LogP contribution >= 0.6 is 23.2 Å². The second kappa shape index (κ2) is 11.9. The van der Waals surface area contributed by atoms with E-state index in [9.17, 15) is 19.5 Å². The number of amides is 1. The Kier molecular flexibility index (Phi) is 8.15.